The van der Waals surface area contributed by atoms with Crippen molar-refractivity contribution in [3.8, 4) is 0 Å². The number of hydrogen-bond acceptors (Lipinski definition) is 5. The molecule has 0 aliphatic heterocycles. The normalized spacial score (nSPS) is 16.5. The third kappa shape index (κ3) is 4.35. The zero-order chi connectivity index (χ0) is 20.2. The van der Waals surface area contributed by atoms with Gasteiger partial charge in [-0.15, -0.1) is 11.3 Å². The molecule has 4 rings (SSSR count). The second-order valence-electron chi connectivity index (χ2n) is 7.29. The van der Waals surface area contributed by atoms with Gasteiger partial charge in [0.2, 0.25) is 0 Å². The largest absolute Gasteiger partial charge is 0.289 e. The molecule has 2 heterocycles. The molecular formula is C22H22N4O2S. The van der Waals surface area contributed by atoms with Crippen molar-refractivity contribution >= 4 is 39.8 Å². The van der Waals surface area contributed by atoms with Gasteiger partial charge in [0.15, 0.2) is 0 Å². The summed E-state index contributed by atoms with van der Waals surface area (Å²) in [5.74, 6) is 0.271. The van der Waals surface area contributed by atoms with Crippen LogP contribution < -0.4 is 11.0 Å². The number of aryl methyl sites for hydroxylation is 1. The molecule has 1 N–H and O–H groups in total. The Morgan fingerprint density at radius 3 is 3.03 bits per heavy atom. The van der Waals surface area contributed by atoms with Gasteiger partial charge < -0.3 is 0 Å². The first-order valence-corrected chi connectivity index (χ1v) is 10.5. The van der Waals surface area contributed by atoms with Crippen LogP contribution in [0, 0.1) is 5.92 Å². The first kappa shape index (κ1) is 19.3. The summed E-state index contributed by atoms with van der Waals surface area (Å²) in [4.78, 5) is 31.5. The van der Waals surface area contributed by atoms with Crippen LogP contribution in [0.4, 0.5) is 0 Å². The maximum Gasteiger partial charge on any atom is 0.262 e. The lowest BCUT2D eigenvalue weighted by atomic mass is 9.89. The van der Waals surface area contributed by atoms with Crippen molar-refractivity contribution in [3.05, 3.63) is 69.1 Å². The van der Waals surface area contributed by atoms with Gasteiger partial charge in [-0.2, -0.15) is 5.10 Å². The minimum absolute atomic E-state index is 0.109. The summed E-state index contributed by atoms with van der Waals surface area (Å²) in [6, 6.07) is 9.80. The molecule has 0 saturated carbocycles. The van der Waals surface area contributed by atoms with Crippen LogP contribution >= 0.6 is 11.3 Å². The summed E-state index contributed by atoms with van der Waals surface area (Å²) in [6.45, 7) is 2.13. The number of nitrogens with zero attached hydrogens (tertiary/aromatic N) is 3. The average Bonchev–Trinajstić information content (AvgIpc) is 3.09. The summed E-state index contributed by atoms with van der Waals surface area (Å²) >= 11 is 1.61. The Labute approximate surface area is 172 Å². The molecule has 1 aromatic carbocycles. The molecule has 7 heteroatoms. The minimum atomic E-state index is -0.365. The predicted molar refractivity (Wildman–Crippen MR) is 117 cm³/mol. The number of carbonyl (C=O) groups excluding carboxylic acids is 1. The Morgan fingerprint density at radius 2 is 2.21 bits per heavy atom. The number of rotatable bonds is 5. The second-order valence-corrected chi connectivity index (χ2v) is 8.38. The standard InChI is InChI=1S/C22H22N4O2S/c1-15-9-10-17-18(12-15)29-21-20(17)22(28)26(14-23-21)13-19(27)25-24-11-5-8-16-6-3-2-4-7-16/h2-8,11,14-15H,9-10,12-13H2,1H3,(H,25,27). The van der Waals surface area contributed by atoms with E-state index in [0.29, 0.717) is 11.3 Å². The van der Waals surface area contributed by atoms with Gasteiger partial charge in [-0.1, -0.05) is 43.3 Å². The summed E-state index contributed by atoms with van der Waals surface area (Å²) in [5, 5.41) is 4.58. The molecule has 148 valence electrons. The lowest BCUT2D eigenvalue weighted by Gasteiger charge is -2.17. The van der Waals surface area contributed by atoms with Crippen LogP contribution in [0.15, 0.2) is 52.6 Å². The number of nitrogens with one attached hydrogen (secondary N) is 1. The predicted octanol–water partition coefficient (Wildman–Crippen LogP) is 3.40. The third-order valence-electron chi connectivity index (χ3n) is 5.03. The number of carbonyl (C=O) groups is 1. The summed E-state index contributed by atoms with van der Waals surface area (Å²) in [7, 11) is 0. The molecule has 0 saturated heterocycles. The van der Waals surface area contributed by atoms with Crippen molar-refractivity contribution in [2.24, 2.45) is 11.0 Å². The fourth-order valence-corrected chi connectivity index (χ4v) is 4.88. The lowest BCUT2D eigenvalue weighted by molar-refractivity contribution is -0.121. The SMILES string of the molecule is CC1CCc2c(sc3ncn(CC(=O)NN=CC=Cc4ccccc4)c(=O)c23)C1. The highest BCUT2D eigenvalue weighted by molar-refractivity contribution is 7.18. The van der Waals surface area contributed by atoms with E-state index in [1.165, 1.54) is 22.0 Å². The highest BCUT2D eigenvalue weighted by atomic mass is 32.1. The number of hydrogen-bond donors (Lipinski definition) is 1. The number of allylic oxidation sites excluding steroid dienone is 1. The fourth-order valence-electron chi connectivity index (χ4n) is 3.54. The van der Waals surface area contributed by atoms with E-state index in [-0.39, 0.29) is 18.0 Å². The molecule has 0 bridgehead atoms. The number of amides is 1. The Balaban J connectivity index is 1.43. The van der Waals surface area contributed by atoms with Crippen LogP contribution in [0.5, 0.6) is 0 Å². The van der Waals surface area contributed by atoms with E-state index in [1.54, 1.807) is 17.4 Å². The molecule has 0 radical (unpaired) electrons. The Bertz CT molecular complexity index is 1140. The first-order valence-electron chi connectivity index (χ1n) is 9.65. The molecule has 29 heavy (non-hydrogen) atoms. The van der Waals surface area contributed by atoms with E-state index in [2.05, 4.69) is 22.4 Å². The quantitative estimate of drug-likeness (QED) is 0.521. The second kappa shape index (κ2) is 8.53. The number of hydrazone groups is 1. The van der Waals surface area contributed by atoms with Gasteiger partial charge in [0, 0.05) is 11.1 Å². The molecule has 0 fully saturated rings. The van der Waals surface area contributed by atoms with Crippen molar-refractivity contribution in [1.29, 1.82) is 0 Å². The van der Waals surface area contributed by atoms with Gasteiger partial charge in [-0.05, 0) is 42.4 Å². The number of fused-ring (bicyclic) bond motifs is 3. The molecule has 2 aromatic heterocycles. The molecule has 1 amide bonds. The highest BCUT2D eigenvalue weighted by Crippen LogP contribution is 2.35. The van der Waals surface area contributed by atoms with Gasteiger partial charge in [-0.3, -0.25) is 14.2 Å². The Kier molecular flexibility index (Phi) is 5.67. The zero-order valence-electron chi connectivity index (χ0n) is 16.2. The summed E-state index contributed by atoms with van der Waals surface area (Å²) in [6.07, 6.45) is 9.58. The van der Waals surface area contributed by atoms with E-state index in [1.807, 2.05) is 36.4 Å². The van der Waals surface area contributed by atoms with E-state index >= 15 is 0 Å². The summed E-state index contributed by atoms with van der Waals surface area (Å²) < 4.78 is 1.36. The van der Waals surface area contributed by atoms with Crippen LogP contribution in [0.25, 0.3) is 16.3 Å². The van der Waals surface area contributed by atoms with E-state index < -0.39 is 0 Å². The maximum absolute atomic E-state index is 12.9. The van der Waals surface area contributed by atoms with Crippen molar-refractivity contribution in [1.82, 2.24) is 15.0 Å². The maximum atomic E-state index is 12.9. The smallest absolute Gasteiger partial charge is 0.262 e. The molecule has 1 aliphatic rings. The number of thiophene rings is 1. The Hall–Kier alpha value is -3.06. The van der Waals surface area contributed by atoms with E-state index in [9.17, 15) is 9.59 Å². The van der Waals surface area contributed by atoms with Gasteiger partial charge in [0.25, 0.3) is 11.5 Å². The monoisotopic (exact) mass is 406 g/mol. The molecular weight excluding hydrogens is 384 g/mol. The molecule has 1 atom stereocenters. The van der Waals surface area contributed by atoms with Gasteiger partial charge >= 0.3 is 0 Å². The molecule has 3 aromatic rings. The van der Waals surface area contributed by atoms with Gasteiger partial charge in [0.05, 0.1) is 11.7 Å². The molecule has 6 nitrogen and oxygen atoms in total. The van der Waals surface area contributed by atoms with Gasteiger partial charge in [-0.25, -0.2) is 10.4 Å². The minimum Gasteiger partial charge on any atom is -0.289 e. The van der Waals surface area contributed by atoms with Crippen LogP contribution in [0.3, 0.4) is 0 Å². The highest BCUT2D eigenvalue weighted by Gasteiger charge is 2.23. The lowest BCUT2D eigenvalue weighted by Crippen LogP contribution is -2.30. The van der Waals surface area contributed by atoms with Crippen molar-refractivity contribution in [2.75, 3.05) is 0 Å². The van der Waals surface area contributed by atoms with E-state index in [0.717, 1.165) is 35.2 Å². The first-order chi connectivity index (χ1) is 14.1. The van der Waals surface area contributed by atoms with Crippen LogP contribution in [-0.4, -0.2) is 21.7 Å². The van der Waals surface area contributed by atoms with Crippen molar-refractivity contribution in [2.45, 2.75) is 32.7 Å². The number of benzene rings is 1. The number of aromatic nitrogens is 2. The van der Waals surface area contributed by atoms with Crippen molar-refractivity contribution in [3.63, 3.8) is 0 Å². The molecule has 0 spiro atoms. The van der Waals surface area contributed by atoms with Crippen molar-refractivity contribution < 1.29 is 4.79 Å². The van der Waals surface area contributed by atoms with E-state index in [4.69, 9.17) is 0 Å². The topological polar surface area (TPSA) is 76.3 Å². The van der Waals surface area contributed by atoms with Crippen LogP contribution in [-0.2, 0) is 24.2 Å². The average molecular weight is 407 g/mol. The Morgan fingerprint density at radius 1 is 1.38 bits per heavy atom. The van der Waals surface area contributed by atoms with Crippen LogP contribution in [0.1, 0.15) is 29.3 Å². The molecule has 1 aliphatic carbocycles. The van der Waals surface area contributed by atoms with Crippen LogP contribution in [0.2, 0.25) is 0 Å². The summed E-state index contributed by atoms with van der Waals surface area (Å²) in [5.41, 5.74) is 4.47. The molecule has 1 unspecified atom stereocenters. The fraction of sp³-hybridized carbons (Fsp3) is 0.273. The zero-order valence-corrected chi connectivity index (χ0v) is 17.0. The van der Waals surface area contributed by atoms with Gasteiger partial charge in [0.1, 0.15) is 11.4 Å². The third-order valence-corrected chi connectivity index (χ3v) is 6.20.